The Labute approximate surface area is 149 Å². The second kappa shape index (κ2) is 21.1. The van der Waals surface area contributed by atoms with E-state index in [-0.39, 0.29) is 0 Å². The van der Waals surface area contributed by atoms with Gasteiger partial charge < -0.3 is 45.1 Å². The highest BCUT2D eigenvalue weighted by atomic mass is 79.9. The van der Waals surface area contributed by atoms with Crippen LogP contribution in [0, 0.1) is 0 Å². The quantitative estimate of drug-likeness (QED) is 0.0889. The summed E-state index contributed by atoms with van der Waals surface area (Å²) in [4.78, 5) is 2.19. The van der Waals surface area contributed by atoms with Crippen LogP contribution in [0.2, 0.25) is 0 Å². The van der Waals surface area contributed by atoms with Gasteiger partial charge in [-0.15, -0.1) is 0 Å². The fourth-order valence-electron chi connectivity index (χ4n) is 0.489. The summed E-state index contributed by atoms with van der Waals surface area (Å²) in [7, 11) is -8.59. The molecule has 1 heterocycles. The largest absolute Gasteiger partial charge is 0.674 e. The standard InChI is InChI=1S/C5H8BrNS.4BFH2O2/c1-4-3-8-5(6)7(4)2;4*2-1(3)4/h3,5H,1-2H3;4*3-4H. The van der Waals surface area contributed by atoms with Crippen molar-refractivity contribution in [1.82, 2.24) is 4.90 Å². The molecular weight excluding hydrogens is 433 g/mol. The smallest absolute Gasteiger partial charge is 0.398 e. The molecule has 0 spiro atoms. The molecule has 0 aromatic carbocycles. The van der Waals surface area contributed by atoms with E-state index in [9.17, 15) is 17.3 Å². The zero-order valence-corrected chi connectivity index (χ0v) is 14.7. The van der Waals surface area contributed by atoms with Crippen LogP contribution in [-0.4, -0.2) is 86.0 Å². The first-order chi connectivity index (χ1) is 10.6. The number of hydrogen-bond donors (Lipinski definition) is 8. The van der Waals surface area contributed by atoms with Crippen molar-refractivity contribution in [2.75, 3.05) is 7.05 Å². The Hall–Kier alpha value is 0.0297. The maximum absolute atomic E-state index is 10.1. The fraction of sp³-hybridized carbons (Fsp3) is 0.600. The van der Waals surface area contributed by atoms with Crippen LogP contribution in [-0.2, 0) is 0 Å². The van der Waals surface area contributed by atoms with Crippen LogP contribution in [0.15, 0.2) is 11.1 Å². The molecule has 0 aliphatic carbocycles. The molecule has 9 nitrogen and oxygen atoms in total. The van der Waals surface area contributed by atoms with E-state index < -0.39 is 29.6 Å². The van der Waals surface area contributed by atoms with E-state index in [0.29, 0.717) is 4.28 Å². The number of alkyl halides is 1. The number of nitrogens with zero attached hydrogens (tertiary/aromatic N) is 1. The average Bonchev–Trinajstić information content (AvgIpc) is 2.57. The van der Waals surface area contributed by atoms with E-state index >= 15 is 0 Å². The summed E-state index contributed by atoms with van der Waals surface area (Å²) in [6.07, 6.45) is 0. The minimum atomic E-state index is -2.67. The number of allylic oxidation sites excluding steroid dienone is 1. The molecular formula is C5H16B4BrF4NO8S. The Morgan fingerprint density at radius 3 is 1.12 bits per heavy atom. The Morgan fingerprint density at radius 1 is 0.875 bits per heavy atom. The molecule has 1 unspecified atom stereocenters. The predicted molar refractivity (Wildman–Crippen MR) is 87.0 cm³/mol. The lowest BCUT2D eigenvalue weighted by Gasteiger charge is -2.16. The van der Waals surface area contributed by atoms with Gasteiger partial charge in [-0.2, -0.15) is 0 Å². The summed E-state index contributed by atoms with van der Waals surface area (Å²) in [6.45, 7) is 2.11. The van der Waals surface area contributed by atoms with E-state index in [1.54, 1.807) is 11.8 Å². The SMILES string of the molecule is CC1=CSC(Br)N1C.OB(O)F.OB(O)F.OB(O)F.OB(O)F. The van der Waals surface area contributed by atoms with Gasteiger partial charge in [0.05, 0.1) is 0 Å². The first-order valence-corrected chi connectivity index (χ1v) is 7.20. The summed E-state index contributed by atoms with van der Waals surface area (Å²) < 4.78 is 40.9. The van der Waals surface area contributed by atoms with Crippen LogP contribution < -0.4 is 0 Å². The van der Waals surface area contributed by atoms with Crippen LogP contribution in [0.1, 0.15) is 6.92 Å². The minimum Gasteiger partial charge on any atom is -0.398 e. The van der Waals surface area contributed by atoms with Gasteiger partial charge in [0.15, 0.2) is 0 Å². The van der Waals surface area contributed by atoms with Gasteiger partial charge in [-0.25, -0.2) is 0 Å². The zero-order chi connectivity index (χ0) is 20.5. The maximum Gasteiger partial charge on any atom is 0.674 e. The Kier molecular flexibility index (Phi) is 27.9. The van der Waals surface area contributed by atoms with Gasteiger partial charge in [0.25, 0.3) is 0 Å². The van der Waals surface area contributed by atoms with E-state index in [1.165, 1.54) is 5.70 Å². The lowest BCUT2D eigenvalue weighted by Crippen LogP contribution is -2.16. The molecule has 1 aliphatic heterocycles. The molecule has 1 rings (SSSR count). The van der Waals surface area contributed by atoms with Crippen molar-refractivity contribution in [3.8, 4) is 0 Å². The van der Waals surface area contributed by atoms with Crippen molar-refractivity contribution >= 4 is 57.3 Å². The number of halogens is 5. The van der Waals surface area contributed by atoms with E-state index in [0.717, 1.165) is 0 Å². The lowest BCUT2D eigenvalue weighted by molar-refractivity contribution is 0.338. The van der Waals surface area contributed by atoms with Gasteiger partial charge in [-0.05, 0) is 12.3 Å². The molecule has 0 saturated heterocycles. The highest BCUT2D eigenvalue weighted by Crippen LogP contribution is 2.32. The monoisotopic (exact) mass is 449 g/mol. The molecule has 1 atom stereocenters. The molecule has 8 N–H and O–H groups in total. The van der Waals surface area contributed by atoms with Gasteiger partial charge >= 0.3 is 29.6 Å². The third kappa shape index (κ3) is 57.4. The average molecular weight is 449 g/mol. The zero-order valence-electron chi connectivity index (χ0n) is 12.3. The highest BCUT2D eigenvalue weighted by Gasteiger charge is 2.15. The summed E-state index contributed by atoms with van der Waals surface area (Å²) in [5.74, 6) is 0. The highest BCUT2D eigenvalue weighted by molar-refractivity contribution is 9.11. The molecule has 0 aromatic rings. The van der Waals surface area contributed by atoms with Crippen molar-refractivity contribution in [3.05, 3.63) is 11.1 Å². The third-order valence-corrected chi connectivity index (χ3v) is 3.49. The van der Waals surface area contributed by atoms with E-state index in [1.807, 2.05) is 0 Å². The van der Waals surface area contributed by atoms with Gasteiger partial charge in [0.1, 0.15) is 4.28 Å². The first-order valence-electron chi connectivity index (χ1n) is 5.35. The second-order valence-electron chi connectivity index (χ2n) is 3.04. The Balaban J connectivity index is -0.000000110. The topological polar surface area (TPSA) is 165 Å². The van der Waals surface area contributed by atoms with Crippen molar-refractivity contribution in [2.24, 2.45) is 0 Å². The van der Waals surface area contributed by atoms with Crippen LogP contribution in [0.3, 0.4) is 0 Å². The van der Waals surface area contributed by atoms with E-state index in [4.69, 9.17) is 40.2 Å². The maximum atomic E-state index is 10.1. The van der Waals surface area contributed by atoms with Crippen LogP contribution in [0.5, 0.6) is 0 Å². The summed E-state index contributed by atoms with van der Waals surface area (Å²) in [5, 5.41) is 57.7. The van der Waals surface area contributed by atoms with Crippen molar-refractivity contribution < 1.29 is 57.5 Å². The summed E-state index contributed by atoms with van der Waals surface area (Å²) in [5.41, 5.74) is 1.33. The molecule has 0 saturated carbocycles. The lowest BCUT2D eigenvalue weighted by atomic mass is 10.3. The van der Waals surface area contributed by atoms with Gasteiger partial charge in [0, 0.05) is 12.7 Å². The number of hydrogen-bond acceptors (Lipinski definition) is 10. The third-order valence-electron chi connectivity index (χ3n) is 1.21. The second-order valence-corrected chi connectivity index (χ2v) is 5.47. The minimum absolute atomic E-state index is 0.461. The van der Waals surface area contributed by atoms with Gasteiger partial charge in [0.2, 0.25) is 0 Å². The number of rotatable bonds is 0. The van der Waals surface area contributed by atoms with E-state index in [2.05, 4.69) is 40.2 Å². The fourth-order valence-corrected chi connectivity index (χ4v) is 1.96. The molecule has 0 bridgehead atoms. The molecule has 24 heavy (non-hydrogen) atoms. The van der Waals surface area contributed by atoms with Crippen molar-refractivity contribution in [2.45, 2.75) is 11.2 Å². The summed E-state index contributed by atoms with van der Waals surface area (Å²) >= 11 is 5.27. The van der Waals surface area contributed by atoms with Crippen molar-refractivity contribution in [3.63, 3.8) is 0 Å². The Morgan fingerprint density at radius 2 is 1.08 bits per heavy atom. The molecule has 0 fully saturated rings. The molecule has 0 aromatic heterocycles. The van der Waals surface area contributed by atoms with Crippen molar-refractivity contribution in [1.29, 1.82) is 0 Å². The molecule has 0 amide bonds. The molecule has 19 heteroatoms. The van der Waals surface area contributed by atoms with Crippen LogP contribution in [0.25, 0.3) is 0 Å². The normalized spacial score (nSPS) is 14.0. The summed E-state index contributed by atoms with van der Waals surface area (Å²) in [6, 6.07) is 0. The first kappa shape index (κ1) is 31.8. The molecule has 0 radical (unpaired) electrons. The number of thioether (sulfide) groups is 1. The predicted octanol–water partition coefficient (Wildman–Crippen LogP) is -2.09. The molecule has 142 valence electrons. The molecule has 1 aliphatic rings. The Bertz CT molecular complexity index is 266. The van der Waals surface area contributed by atoms with Gasteiger partial charge in [-0.3, -0.25) is 17.3 Å². The van der Waals surface area contributed by atoms with Crippen LogP contribution in [0.4, 0.5) is 17.3 Å². The van der Waals surface area contributed by atoms with Crippen LogP contribution >= 0.6 is 27.7 Å². The van der Waals surface area contributed by atoms with Gasteiger partial charge in [-0.1, -0.05) is 27.7 Å².